The highest BCUT2D eigenvalue weighted by atomic mass is 32.1. The van der Waals surface area contributed by atoms with Crippen LogP contribution in [-0.2, 0) is 0 Å². The number of anilines is 2. The van der Waals surface area contributed by atoms with E-state index in [-0.39, 0.29) is 0 Å². The van der Waals surface area contributed by atoms with E-state index in [1.54, 1.807) is 11.3 Å². The maximum Gasteiger partial charge on any atom is 0.225 e. The number of nitrogens with zero attached hydrogens (tertiary/aromatic N) is 4. The Balaban J connectivity index is 1.76. The summed E-state index contributed by atoms with van der Waals surface area (Å²) >= 11 is 1.69. The summed E-state index contributed by atoms with van der Waals surface area (Å²) < 4.78 is 0. The highest BCUT2D eigenvalue weighted by Crippen LogP contribution is 2.33. The Kier molecular flexibility index (Phi) is 3.23. The van der Waals surface area contributed by atoms with Gasteiger partial charge in [0, 0.05) is 32.2 Å². The standard InChI is InChI=1S/C15H21N5S/c1-10-8-19-6-3-4-11(19)9-20(10)13-12-5-7-21-14(12)18-15(16-2)17-13/h5,7,10-11H,3-4,6,8-9H2,1-2H3,(H,16,17,18). The molecule has 0 bridgehead atoms. The number of piperazine rings is 1. The molecule has 2 fully saturated rings. The van der Waals surface area contributed by atoms with E-state index in [1.807, 2.05) is 7.05 Å². The maximum atomic E-state index is 4.77. The van der Waals surface area contributed by atoms with Gasteiger partial charge in [0.15, 0.2) is 0 Å². The number of aromatic nitrogens is 2. The first-order chi connectivity index (χ1) is 10.3. The Bertz CT molecular complexity index is 655. The molecule has 6 heteroatoms. The van der Waals surface area contributed by atoms with Crippen molar-refractivity contribution in [1.29, 1.82) is 0 Å². The fourth-order valence-corrected chi connectivity index (χ4v) is 4.41. The van der Waals surface area contributed by atoms with Gasteiger partial charge >= 0.3 is 0 Å². The SMILES string of the molecule is CNc1nc(N2CC3CCCN3CC2C)c2ccsc2n1. The minimum absolute atomic E-state index is 0.502. The Morgan fingerprint density at radius 1 is 1.33 bits per heavy atom. The molecule has 0 radical (unpaired) electrons. The molecule has 2 aromatic rings. The number of hydrogen-bond donors (Lipinski definition) is 1. The van der Waals surface area contributed by atoms with Gasteiger partial charge in [-0.2, -0.15) is 4.98 Å². The molecule has 2 saturated heterocycles. The van der Waals surface area contributed by atoms with Crippen LogP contribution >= 0.6 is 11.3 Å². The monoisotopic (exact) mass is 303 g/mol. The van der Waals surface area contributed by atoms with Crippen molar-refractivity contribution in [2.45, 2.75) is 31.8 Å². The first-order valence-corrected chi connectivity index (χ1v) is 8.58. The van der Waals surface area contributed by atoms with Crippen molar-refractivity contribution in [3.05, 3.63) is 11.4 Å². The summed E-state index contributed by atoms with van der Waals surface area (Å²) in [5, 5.41) is 6.40. The van der Waals surface area contributed by atoms with Crippen molar-refractivity contribution in [3.63, 3.8) is 0 Å². The largest absolute Gasteiger partial charge is 0.357 e. The van der Waals surface area contributed by atoms with Crippen LogP contribution in [0.25, 0.3) is 10.2 Å². The van der Waals surface area contributed by atoms with Crippen molar-refractivity contribution in [2.24, 2.45) is 0 Å². The molecule has 21 heavy (non-hydrogen) atoms. The molecule has 0 aromatic carbocycles. The van der Waals surface area contributed by atoms with Gasteiger partial charge in [-0.15, -0.1) is 11.3 Å². The molecule has 5 nitrogen and oxygen atoms in total. The van der Waals surface area contributed by atoms with E-state index in [0.29, 0.717) is 12.1 Å². The molecule has 2 aliphatic heterocycles. The average molecular weight is 303 g/mol. The number of hydrogen-bond acceptors (Lipinski definition) is 6. The van der Waals surface area contributed by atoms with Gasteiger partial charge in [-0.1, -0.05) is 0 Å². The zero-order valence-corrected chi connectivity index (χ0v) is 13.4. The summed E-state index contributed by atoms with van der Waals surface area (Å²) in [6.07, 6.45) is 2.66. The number of fused-ring (bicyclic) bond motifs is 2. The van der Waals surface area contributed by atoms with Crippen LogP contribution in [-0.4, -0.2) is 53.6 Å². The lowest BCUT2D eigenvalue weighted by atomic mass is 10.1. The van der Waals surface area contributed by atoms with Gasteiger partial charge < -0.3 is 10.2 Å². The molecule has 4 heterocycles. The second-order valence-electron chi connectivity index (χ2n) is 6.05. The van der Waals surface area contributed by atoms with E-state index in [9.17, 15) is 0 Å². The number of nitrogens with one attached hydrogen (secondary N) is 1. The smallest absolute Gasteiger partial charge is 0.225 e. The van der Waals surface area contributed by atoms with Crippen molar-refractivity contribution >= 4 is 33.3 Å². The highest BCUT2D eigenvalue weighted by molar-refractivity contribution is 7.16. The minimum atomic E-state index is 0.502. The summed E-state index contributed by atoms with van der Waals surface area (Å²) in [5.41, 5.74) is 0. The molecule has 2 aromatic heterocycles. The van der Waals surface area contributed by atoms with Gasteiger partial charge in [0.2, 0.25) is 5.95 Å². The Labute approximate surface area is 129 Å². The van der Waals surface area contributed by atoms with Crippen molar-refractivity contribution in [3.8, 4) is 0 Å². The Morgan fingerprint density at radius 3 is 3.10 bits per heavy atom. The minimum Gasteiger partial charge on any atom is -0.357 e. The molecule has 4 rings (SSSR count). The van der Waals surface area contributed by atoms with Crippen LogP contribution in [0, 0.1) is 0 Å². The molecule has 112 valence electrons. The molecule has 0 aliphatic carbocycles. The third-order valence-electron chi connectivity index (χ3n) is 4.74. The predicted octanol–water partition coefficient (Wildman–Crippen LogP) is 2.41. The first kappa shape index (κ1) is 13.3. The number of rotatable bonds is 2. The molecule has 1 N–H and O–H groups in total. The van der Waals surface area contributed by atoms with Crippen LogP contribution in [0.15, 0.2) is 11.4 Å². The van der Waals surface area contributed by atoms with Gasteiger partial charge in [-0.05, 0) is 37.8 Å². The fraction of sp³-hybridized carbons (Fsp3) is 0.600. The molecule has 0 amide bonds. The lowest BCUT2D eigenvalue weighted by Gasteiger charge is -2.43. The van der Waals surface area contributed by atoms with E-state index in [2.05, 4.69) is 38.5 Å². The molecule has 2 unspecified atom stereocenters. The van der Waals surface area contributed by atoms with E-state index in [4.69, 9.17) is 4.98 Å². The summed E-state index contributed by atoms with van der Waals surface area (Å²) in [7, 11) is 1.89. The van der Waals surface area contributed by atoms with Crippen LogP contribution in [0.2, 0.25) is 0 Å². The molecule has 2 atom stereocenters. The van der Waals surface area contributed by atoms with Crippen molar-refractivity contribution < 1.29 is 0 Å². The second kappa shape index (κ2) is 5.10. The first-order valence-electron chi connectivity index (χ1n) is 7.70. The predicted molar refractivity (Wildman–Crippen MR) is 88.4 cm³/mol. The maximum absolute atomic E-state index is 4.77. The van der Waals surface area contributed by atoms with Gasteiger partial charge in [0.1, 0.15) is 10.6 Å². The van der Waals surface area contributed by atoms with E-state index < -0.39 is 0 Å². The van der Waals surface area contributed by atoms with Gasteiger partial charge in [0.25, 0.3) is 0 Å². The van der Waals surface area contributed by atoms with Gasteiger partial charge in [-0.3, -0.25) is 4.90 Å². The molecular weight excluding hydrogens is 282 g/mol. The van der Waals surface area contributed by atoms with Gasteiger partial charge in [0.05, 0.1) is 5.39 Å². The zero-order valence-electron chi connectivity index (χ0n) is 12.5. The molecule has 0 spiro atoms. The van der Waals surface area contributed by atoms with E-state index >= 15 is 0 Å². The van der Waals surface area contributed by atoms with Crippen LogP contribution in [0.1, 0.15) is 19.8 Å². The summed E-state index contributed by atoms with van der Waals surface area (Å²) in [4.78, 5) is 15.5. The summed E-state index contributed by atoms with van der Waals surface area (Å²) in [5.74, 6) is 1.82. The highest BCUT2D eigenvalue weighted by Gasteiger charge is 2.35. The van der Waals surface area contributed by atoms with E-state index in [0.717, 1.165) is 29.7 Å². The number of thiophene rings is 1. The lowest BCUT2D eigenvalue weighted by Crippen LogP contribution is -2.55. The quantitative estimate of drug-likeness (QED) is 0.923. The zero-order chi connectivity index (χ0) is 14.4. The van der Waals surface area contributed by atoms with Crippen LogP contribution in [0.5, 0.6) is 0 Å². The third-order valence-corrected chi connectivity index (χ3v) is 5.54. The van der Waals surface area contributed by atoms with Crippen LogP contribution in [0.4, 0.5) is 11.8 Å². The normalized spacial score (nSPS) is 26.3. The summed E-state index contributed by atoms with van der Waals surface area (Å²) in [6, 6.07) is 3.35. The third kappa shape index (κ3) is 2.17. The van der Waals surface area contributed by atoms with E-state index in [1.165, 1.54) is 24.8 Å². The van der Waals surface area contributed by atoms with Crippen LogP contribution in [0.3, 0.4) is 0 Å². The Hall–Kier alpha value is -1.40. The molecule has 0 saturated carbocycles. The van der Waals surface area contributed by atoms with Crippen LogP contribution < -0.4 is 10.2 Å². The van der Waals surface area contributed by atoms with Crippen molar-refractivity contribution in [2.75, 3.05) is 36.9 Å². The average Bonchev–Trinajstić information content (AvgIpc) is 3.13. The molecular formula is C15H21N5S. The summed E-state index contributed by atoms with van der Waals surface area (Å²) in [6.45, 7) is 5.82. The fourth-order valence-electron chi connectivity index (χ4n) is 3.65. The topological polar surface area (TPSA) is 44.3 Å². The Morgan fingerprint density at radius 2 is 2.24 bits per heavy atom. The molecule has 2 aliphatic rings. The van der Waals surface area contributed by atoms with Gasteiger partial charge in [-0.25, -0.2) is 4.98 Å². The second-order valence-corrected chi connectivity index (χ2v) is 6.95. The lowest BCUT2D eigenvalue weighted by molar-refractivity contribution is 0.202. The van der Waals surface area contributed by atoms with Crippen molar-refractivity contribution in [1.82, 2.24) is 14.9 Å².